The van der Waals surface area contributed by atoms with Crippen LogP contribution in [0, 0.1) is 0 Å². The van der Waals surface area contributed by atoms with Gasteiger partial charge in [-0.1, -0.05) is 13.8 Å². The van der Waals surface area contributed by atoms with Crippen LogP contribution < -0.4 is 5.11 Å². The summed E-state index contributed by atoms with van der Waals surface area (Å²) in [4.78, 5) is 22.0. The van der Waals surface area contributed by atoms with Crippen molar-refractivity contribution in [1.82, 2.24) is 0 Å². The highest BCUT2D eigenvalue weighted by molar-refractivity contribution is 8.13. The summed E-state index contributed by atoms with van der Waals surface area (Å²) in [5, 5.41) is 10.3. The summed E-state index contributed by atoms with van der Waals surface area (Å²) in [6.07, 6.45) is -0.904. The summed E-state index contributed by atoms with van der Waals surface area (Å²) in [7, 11) is 5.73. The maximum atomic E-state index is 11.5. The van der Waals surface area contributed by atoms with Crippen molar-refractivity contribution in [2.75, 3.05) is 27.7 Å². The molecule has 0 aromatic rings. The molecule has 0 aliphatic carbocycles. The number of rotatable bonds is 6. The van der Waals surface area contributed by atoms with E-state index in [9.17, 15) is 14.7 Å². The minimum atomic E-state index is -1.20. The number of aliphatic carboxylic acids is 1. The Morgan fingerprint density at radius 3 is 2.18 bits per heavy atom. The Bertz CT molecular complexity index is 273. The number of carbonyl (C=O) groups excluding carboxylic acids is 2. The lowest BCUT2D eigenvalue weighted by atomic mass is 10.2. The van der Waals surface area contributed by atoms with Gasteiger partial charge in [-0.2, -0.15) is 0 Å². The van der Waals surface area contributed by atoms with Gasteiger partial charge in [-0.05, 0) is 11.8 Å². The zero-order valence-electron chi connectivity index (χ0n) is 11.1. The van der Waals surface area contributed by atoms with Crippen molar-refractivity contribution in [3.63, 3.8) is 0 Å². The number of nitrogens with zero attached hydrogens (tertiary/aromatic N) is 1. The van der Waals surface area contributed by atoms with Crippen LogP contribution in [0.5, 0.6) is 0 Å². The van der Waals surface area contributed by atoms with Gasteiger partial charge < -0.3 is 19.1 Å². The molecule has 100 valence electrons. The third-order valence-electron chi connectivity index (χ3n) is 1.74. The summed E-state index contributed by atoms with van der Waals surface area (Å²) in [6, 6.07) is 0. The number of hydrogen-bond donors (Lipinski definition) is 0. The molecular weight excluding hydrogens is 242 g/mol. The molecular formula is C11H21NO4S. The van der Waals surface area contributed by atoms with E-state index in [-0.39, 0.29) is 11.7 Å². The van der Waals surface area contributed by atoms with Crippen molar-refractivity contribution in [3.8, 4) is 0 Å². The number of quaternary nitrogens is 1. The van der Waals surface area contributed by atoms with Crippen LogP contribution in [-0.2, 0) is 9.53 Å². The Morgan fingerprint density at radius 1 is 1.29 bits per heavy atom. The van der Waals surface area contributed by atoms with E-state index in [4.69, 9.17) is 4.74 Å². The van der Waals surface area contributed by atoms with E-state index in [1.165, 1.54) is 0 Å². The van der Waals surface area contributed by atoms with E-state index in [1.54, 1.807) is 0 Å². The summed E-state index contributed by atoms with van der Waals surface area (Å²) >= 11 is 1.05. The molecule has 5 nitrogen and oxygen atoms in total. The lowest BCUT2D eigenvalue weighted by molar-refractivity contribution is -0.873. The Balaban J connectivity index is 4.38. The van der Waals surface area contributed by atoms with Crippen LogP contribution in [0.1, 0.15) is 20.3 Å². The van der Waals surface area contributed by atoms with E-state index in [0.717, 1.165) is 11.8 Å². The number of ether oxygens (including phenoxy) is 1. The Labute approximate surface area is 107 Å². The standard InChI is InChI=1S/C11H21NO4S/c1-8(2)17-11(15)16-9(6-10(13)14)7-12(3,4)5/h8-9H,6-7H2,1-5H3. The molecule has 0 aliphatic rings. The largest absolute Gasteiger partial charge is 0.550 e. The molecule has 0 heterocycles. The first-order valence-electron chi connectivity index (χ1n) is 5.47. The van der Waals surface area contributed by atoms with Crippen molar-refractivity contribution in [2.24, 2.45) is 0 Å². The maximum absolute atomic E-state index is 11.5. The first-order valence-corrected chi connectivity index (χ1v) is 6.35. The lowest BCUT2D eigenvalue weighted by Crippen LogP contribution is -2.44. The van der Waals surface area contributed by atoms with E-state index in [0.29, 0.717) is 11.0 Å². The molecule has 0 saturated carbocycles. The highest BCUT2D eigenvalue weighted by atomic mass is 32.2. The Morgan fingerprint density at radius 2 is 1.82 bits per heavy atom. The van der Waals surface area contributed by atoms with E-state index in [2.05, 4.69) is 0 Å². The molecule has 0 aromatic heterocycles. The highest BCUT2D eigenvalue weighted by Crippen LogP contribution is 2.16. The van der Waals surface area contributed by atoms with Gasteiger partial charge in [0.25, 0.3) is 0 Å². The maximum Gasteiger partial charge on any atom is 0.368 e. The fourth-order valence-corrected chi connectivity index (χ4v) is 1.87. The molecule has 0 rings (SSSR count). The molecule has 17 heavy (non-hydrogen) atoms. The molecule has 1 atom stereocenters. The molecule has 0 N–H and O–H groups in total. The van der Waals surface area contributed by atoms with E-state index >= 15 is 0 Å². The Hall–Kier alpha value is -0.750. The number of thioether (sulfide) groups is 1. The second-order valence-corrected chi connectivity index (χ2v) is 6.72. The predicted molar refractivity (Wildman–Crippen MR) is 65.5 cm³/mol. The molecule has 0 fully saturated rings. The SMILES string of the molecule is CC(C)SC(=O)OC(CC(=O)[O-])C[N+](C)(C)C. The molecule has 0 bridgehead atoms. The topological polar surface area (TPSA) is 66.4 Å². The number of carbonyl (C=O) groups is 2. The van der Waals surface area contributed by atoms with Crippen molar-refractivity contribution in [2.45, 2.75) is 31.6 Å². The average Bonchev–Trinajstić information content (AvgIpc) is 1.95. The summed E-state index contributed by atoms with van der Waals surface area (Å²) < 4.78 is 5.66. The van der Waals surface area contributed by atoms with E-state index in [1.807, 2.05) is 35.0 Å². The normalized spacial score (nSPS) is 13.5. The van der Waals surface area contributed by atoms with Crippen LogP contribution in [0.4, 0.5) is 4.79 Å². The fourth-order valence-electron chi connectivity index (χ4n) is 1.30. The second kappa shape index (κ2) is 6.86. The third-order valence-corrected chi connectivity index (χ3v) is 2.50. The van der Waals surface area contributed by atoms with Gasteiger partial charge in [0.15, 0.2) is 6.10 Å². The highest BCUT2D eigenvalue weighted by Gasteiger charge is 2.23. The van der Waals surface area contributed by atoms with Crippen molar-refractivity contribution in [3.05, 3.63) is 0 Å². The minimum Gasteiger partial charge on any atom is -0.550 e. The van der Waals surface area contributed by atoms with Gasteiger partial charge in [0, 0.05) is 17.6 Å². The zero-order chi connectivity index (χ0) is 13.6. The first-order chi connectivity index (χ1) is 7.60. The van der Waals surface area contributed by atoms with Crippen LogP contribution in [0.15, 0.2) is 0 Å². The number of hydrogen-bond acceptors (Lipinski definition) is 5. The molecule has 6 heteroatoms. The summed E-state index contributed by atoms with van der Waals surface area (Å²) in [5.41, 5.74) is 0. The van der Waals surface area contributed by atoms with Gasteiger partial charge in [-0.25, -0.2) is 4.79 Å². The fraction of sp³-hybridized carbons (Fsp3) is 0.818. The molecule has 0 amide bonds. The number of carboxylic acids is 1. The lowest BCUT2D eigenvalue weighted by Gasteiger charge is -2.29. The summed E-state index contributed by atoms with van der Waals surface area (Å²) in [6.45, 7) is 4.19. The van der Waals surface area contributed by atoms with Crippen LogP contribution in [-0.4, -0.2) is 54.8 Å². The van der Waals surface area contributed by atoms with Gasteiger partial charge in [0.1, 0.15) is 6.54 Å². The molecule has 1 unspecified atom stereocenters. The zero-order valence-corrected chi connectivity index (χ0v) is 11.9. The molecule has 0 aromatic carbocycles. The smallest absolute Gasteiger partial charge is 0.368 e. The van der Waals surface area contributed by atoms with Gasteiger partial charge in [0.2, 0.25) is 0 Å². The van der Waals surface area contributed by atoms with Gasteiger partial charge in [-0.15, -0.1) is 0 Å². The van der Waals surface area contributed by atoms with Crippen LogP contribution >= 0.6 is 11.8 Å². The molecule has 0 aliphatic heterocycles. The van der Waals surface area contributed by atoms with Crippen molar-refractivity contribution < 1.29 is 23.9 Å². The average molecular weight is 263 g/mol. The third kappa shape index (κ3) is 10.1. The monoisotopic (exact) mass is 263 g/mol. The van der Waals surface area contributed by atoms with Gasteiger partial charge >= 0.3 is 5.30 Å². The quantitative estimate of drug-likeness (QED) is 0.515. The number of likely N-dealkylation sites (N-methyl/N-ethyl adjacent to an activating group) is 1. The van der Waals surface area contributed by atoms with Crippen molar-refractivity contribution in [1.29, 1.82) is 0 Å². The molecule has 0 saturated heterocycles. The van der Waals surface area contributed by atoms with Crippen molar-refractivity contribution >= 4 is 23.0 Å². The van der Waals surface area contributed by atoms with Gasteiger partial charge in [0.05, 0.1) is 21.1 Å². The number of carboxylic acid groups (broad SMARTS) is 1. The molecule has 0 spiro atoms. The predicted octanol–water partition coefficient (Wildman–Crippen LogP) is 0.479. The first kappa shape index (κ1) is 16.2. The van der Waals surface area contributed by atoms with Crippen LogP contribution in [0.25, 0.3) is 0 Å². The summed E-state index contributed by atoms with van der Waals surface area (Å²) in [5.74, 6) is -1.20. The second-order valence-electron chi connectivity index (χ2n) is 5.21. The minimum absolute atomic E-state index is 0.121. The van der Waals surface area contributed by atoms with Crippen LogP contribution in [0.2, 0.25) is 0 Å². The van der Waals surface area contributed by atoms with E-state index < -0.39 is 17.4 Å². The van der Waals surface area contributed by atoms with Crippen LogP contribution in [0.3, 0.4) is 0 Å². The van der Waals surface area contributed by atoms with Gasteiger partial charge in [-0.3, -0.25) is 0 Å². The molecule has 0 radical (unpaired) electrons. The Kier molecular flexibility index (Phi) is 6.56.